The number of carbonyl (C=O) groups is 2. The Morgan fingerprint density at radius 2 is 1.96 bits per heavy atom. The molecule has 25 heavy (non-hydrogen) atoms. The second-order valence-corrected chi connectivity index (χ2v) is 6.73. The van der Waals surface area contributed by atoms with Crippen LogP contribution in [-0.2, 0) is 11.2 Å². The molecule has 3 amide bonds. The molecule has 1 aromatic rings. The van der Waals surface area contributed by atoms with Crippen molar-refractivity contribution in [1.82, 2.24) is 20.4 Å². The molecule has 0 spiro atoms. The molecule has 0 bridgehead atoms. The van der Waals surface area contributed by atoms with Crippen LogP contribution in [0.2, 0.25) is 0 Å². The van der Waals surface area contributed by atoms with Gasteiger partial charge in [-0.05, 0) is 44.5 Å². The Morgan fingerprint density at radius 1 is 1.28 bits per heavy atom. The van der Waals surface area contributed by atoms with Crippen LogP contribution >= 0.6 is 0 Å². The Balaban J connectivity index is 2.00. The minimum Gasteiger partial charge on any atom is -0.357 e. The van der Waals surface area contributed by atoms with Crippen LogP contribution < -0.4 is 10.6 Å². The van der Waals surface area contributed by atoms with Crippen LogP contribution in [0.1, 0.15) is 36.9 Å². The van der Waals surface area contributed by atoms with E-state index in [2.05, 4.69) is 46.7 Å². The first-order valence-electron chi connectivity index (χ1n) is 8.99. The summed E-state index contributed by atoms with van der Waals surface area (Å²) in [4.78, 5) is 28.2. The quantitative estimate of drug-likeness (QED) is 0.825. The van der Waals surface area contributed by atoms with Gasteiger partial charge in [-0.15, -0.1) is 0 Å². The third-order valence-electron chi connectivity index (χ3n) is 4.91. The first-order chi connectivity index (χ1) is 12.0. The van der Waals surface area contributed by atoms with Crippen molar-refractivity contribution in [2.75, 3.05) is 34.2 Å². The van der Waals surface area contributed by atoms with Crippen LogP contribution in [0.4, 0.5) is 4.79 Å². The van der Waals surface area contributed by atoms with E-state index < -0.39 is 0 Å². The Morgan fingerprint density at radius 3 is 2.52 bits per heavy atom. The Labute approximate surface area is 150 Å². The number of benzene rings is 1. The highest BCUT2D eigenvalue weighted by Gasteiger charge is 2.33. The summed E-state index contributed by atoms with van der Waals surface area (Å²) in [5, 5.41) is 5.65. The van der Waals surface area contributed by atoms with Crippen molar-refractivity contribution in [3.05, 3.63) is 35.4 Å². The van der Waals surface area contributed by atoms with Crippen LogP contribution in [-0.4, -0.2) is 62.0 Å². The summed E-state index contributed by atoms with van der Waals surface area (Å²) in [6, 6.07) is 8.09. The minimum absolute atomic E-state index is 0.0908. The molecular weight excluding hydrogens is 316 g/mol. The maximum Gasteiger partial charge on any atom is 0.318 e. The predicted molar refractivity (Wildman–Crippen MR) is 99.4 cm³/mol. The fraction of sp³-hybridized carbons (Fsp3) is 0.579. The van der Waals surface area contributed by atoms with E-state index in [1.54, 1.807) is 11.9 Å². The van der Waals surface area contributed by atoms with Crippen molar-refractivity contribution in [2.24, 2.45) is 0 Å². The number of hydrogen-bond donors (Lipinski definition) is 2. The van der Waals surface area contributed by atoms with E-state index in [4.69, 9.17) is 0 Å². The highest BCUT2D eigenvalue weighted by atomic mass is 16.2. The average molecular weight is 346 g/mol. The molecule has 2 atom stereocenters. The molecule has 0 radical (unpaired) electrons. The number of carbonyl (C=O) groups excluding carboxylic acids is 2. The molecule has 1 saturated heterocycles. The zero-order valence-corrected chi connectivity index (χ0v) is 15.7. The van der Waals surface area contributed by atoms with Crippen LogP contribution in [0.15, 0.2) is 24.3 Å². The van der Waals surface area contributed by atoms with Crippen molar-refractivity contribution in [2.45, 2.75) is 38.3 Å². The number of rotatable bonds is 6. The van der Waals surface area contributed by atoms with Gasteiger partial charge in [-0.1, -0.05) is 31.2 Å². The summed E-state index contributed by atoms with van der Waals surface area (Å²) in [6.45, 7) is 3.27. The summed E-state index contributed by atoms with van der Waals surface area (Å²) in [6.07, 6.45) is 2.60. The number of nitrogens with zero attached hydrogens (tertiary/aromatic N) is 2. The molecule has 0 unspecified atom stereocenters. The molecule has 6 nitrogen and oxygen atoms in total. The maximum atomic E-state index is 12.6. The molecule has 6 heteroatoms. The largest absolute Gasteiger partial charge is 0.357 e. The van der Waals surface area contributed by atoms with Crippen molar-refractivity contribution in [3.8, 4) is 0 Å². The lowest BCUT2D eigenvalue weighted by Crippen LogP contribution is -2.50. The summed E-state index contributed by atoms with van der Waals surface area (Å²) in [5.41, 5.74) is 2.47. The van der Waals surface area contributed by atoms with Gasteiger partial charge in [0.1, 0.15) is 6.04 Å². The van der Waals surface area contributed by atoms with Gasteiger partial charge in [0, 0.05) is 20.1 Å². The highest BCUT2D eigenvalue weighted by Crippen LogP contribution is 2.20. The zero-order valence-electron chi connectivity index (χ0n) is 15.7. The number of likely N-dealkylation sites (tertiary alicyclic amines) is 1. The van der Waals surface area contributed by atoms with Crippen LogP contribution in [0.5, 0.6) is 0 Å². The number of nitrogens with one attached hydrogen (secondary N) is 2. The standard InChI is InChI=1S/C19H30N4O2/c1-5-14-8-10-15(11-9-14)17(22(3)4)13-21-19(25)23-12-6-7-16(23)18(24)20-2/h8-11,16-17H,5-7,12-13H2,1-4H3,(H,20,24)(H,21,25)/t16-,17-/m1/s1. The smallest absolute Gasteiger partial charge is 0.318 e. The fourth-order valence-electron chi connectivity index (χ4n) is 3.31. The average Bonchev–Trinajstić information content (AvgIpc) is 3.11. The Bertz CT molecular complexity index is 586. The third kappa shape index (κ3) is 4.72. The number of urea groups is 1. The molecule has 0 aliphatic carbocycles. The molecule has 1 heterocycles. The lowest BCUT2D eigenvalue weighted by Gasteiger charge is -2.28. The lowest BCUT2D eigenvalue weighted by molar-refractivity contribution is -0.124. The Hall–Kier alpha value is -2.08. The minimum atomic E-state index is -0.355. The predicted octanol–water partition coefficient (Wildman–Crippen LogP) is 1.77. The van der Waals surface area contributed by atoms with Gasteiger partial charge in [0.2, 0.25) is 5.91 Å². The van der Waals surface area contributed by atoms with Gasteiger partial charge in [0.05, 0.1) is 6.04 Å². The third-order valence-corrected chi connectivity index (χ3v) is 4.91. The first kappa shape index (κ1) is 19.2. The number of amides is 3. The van der Waals surface area contributed by atoms with E-state index in [0.717, 1.165) is 19.3 Å². The van der Waals surface area contributed by atoms with E-state index in [-0.39, 0.29) is 24.0 Å². The molecule has 0 aromatic heterocycles. The van der Waals surface area contributed by atoms with Gasteiger partial charge in [-0.2, -0.15) is 0 Å². The van der Waals surface area contributed by atoms with Crippen molar-refractivity contribution >= 4 is 11.9 Å². The maximum absolute atomic E-state index is 12.6. The second kappa shape index (κ2) is 8.85. The summed E-state index contributed by atoms with van der Waals surface area (Å²) < 4.78 is 0. The normalized spacial score (nSPS) is 18.3. The molecule has 1 fully saturated rings. The first-order valence-corrected chi connectivity index (χ1v) is 8.99. The number of aryl methyl sites for hydroxylation is 1. The Kier molecular flexibility index (Phi) is 6.82. The molecule has 1 aromatic carbocycles. The van der Waals surface area contributed by atoms with Gasteiger partial charge < -0.3 is 20.4 Å². The van der Waals surface area contributed by atoms with Gasteiger partial charge in [-0.3, -0.25) is 4.79 Å². The molecular formula is C19H30N4O2. The second-order valence-electron chi connectivity index (χ2n) is 6.73. The van der Waals surface area contributed by atoms with Crippen molar-refractivity contribution in [1.29, 1.82) is 0 Å². The molecule has 138 valence electrons. The zero-order chi connectivity index (χ0) is 18.4. The summed E-state index contributed by atoms with van der Waals surface area (Å²) in [7, 11) is 5.63. The molecule has 1 aliphatic rings. The van der Waals surface area contributed by atoms with Crippen LogP contribution in [0, 0.1) is 0 Å². The van der Waals surface area contributed by atoms with Gasteiger partial charge in [0.15, 0.2) is 0 Å². The number of likely N-dealkylation sites (N-methyl/N-ethyl adjacent to an activating group) is 2. The van der Waals surface area contributed by atoms with E-state index in [1.165, 1.54) is 11.1 Å². The SMILES string of the molecule is CCc1ccc([C@@H](CNC(=O)N2CCC[C@@H]2C(=O)NC)N(C)C)cc1. The van der Waals surface area contributed by atoms with Gasteiger partial charge in [0.25, 0.3) is 0 Å². The van der Waals surface area contributed by atoms with E-state index in [9.17, 15) is 9.59 Å². The molecule has 0 saturated carbocycles. The summed E-state index contributed by atoms with van der Waals surface area (Å²) >= 11 is 0. The monoisotopic (exact) mass is 346 g/mol. The van der Waals surface area contributed by atoms with E-state index >= 15 is 0 Å². The molecule has 1 aliphatic heterocycles. The molecule has 2 N–H and O–H groups in total. The van der Waals surface area contributed by atoms with Gasteiger partial charge in [-0.25, -0.2) is 4.79 Å². The highest BCUT2D eigenvalue weighted by molar-refractivity contribution is 5.87. The lowest BCUT2D eigenvalue weighted by atomic mass is 10.0. The molecule has 2 rings (SSSR count). The van der Waals surface area contributed by atoms with Crippen LogP contribution in [0.25, 0.3) is 0 Å². The van der Waals surface area contributed by atoms with Crippen LogP contribution in [0.3, 0.4) is 0 Å². The summed E-state index contributed by atoms with van der Waals surface area (Å²) in [5.74, 6) is -0.0908. The fourth-order valence-corrected chi connectivity index (χ4v) is 3.31. The topological polar surface area (TPSA) is 64.7 Å². The van der Waals surface area contributed by atoms with Gasteiger partial charge >= 0.3 is 6.03 Å². The van der Waals surface area contributed by atoms with E-state index in [0.29, 0.717) is 13.1 Å². The van der Waals surface area contributed by atoms with E-state index in [1.807, 2.05) is 14.1 Å². The number of hydrogen-bond acceptors (Lipinski definition) is 3. The van der Waals surface area contributed by atoms with Crippen molar-refractivity contribution in [3.63, 3.8) is 0 Å². The van der Waals surface area contributed by atoms with Crippen molar-refractivity contribution < 1.29 is 9.59 Å².